The standard InChI is InChI=1S/C31H28FN3O5/c1-19-15-24(32)10-13-26(19)27(16-28(34-40)23-9-14-30(37)35(2)18-23)22-5-3-20(4-6-22)21-7-11-25(12-8-21)33-29(36)17-31(38)39/h3-15,18,27,40H,16-17H2,1-2H3,(H,33,36)(H,38,39)/b34-28-. The van der Waals surface area contributed by atoms with Gasteiger partial charge in [0.05, 0.1) is 5.71 Å². The molecule has 1 aromatic heterocycles. The highest BCUT2D eigenvalue weighted by Crippen LogP contribution is 2.34. The van der Waals surface area contributed by atoms with E-state index in [-0.39, 0.29) is 17.3 Å². The molecule has 1 amide bonds. The van der Waals surface area contributed by atoms with Gasteiger partial charge in [0, 0.05) is 42.9 Å². The molecule has 1 atom stereocenters. The first-order valence-corrected chi connectivity index (χ1v) is 12.5. The van der Waals surface area contributed by atoms with Crippen molar-refractivity contribution in [2.75, 3.05) is 5.32 Å². The quantitative estimate of drug-likeness (QED) is 0.115. The number of nitrogens with zero attached hydrogens (tertiary/aromatic N) is 2. The van der Waals surface area contributed by atoms with Crippen LogP contribution < -0.4 is 10.9 Å². The number of carbonyl (C=O) groups excluding carboxylic acids is 1. The van der Waals surface area contributed by atoms with Crippen molar-refractivity contribution >= 4 is 23.3 Å². The lowest BCUT2D eigenvalue weighted by molar-refractivity contribution is -0.139. The zero-order valence-corrected chi connectivity index (χ0v) is 22.0. The van der Waals surface area contributed by atoms with Crippen molar-refractivity contribution in [3.63, 3.8) is 0 Å². The fourth-order valence-electron chi connectivity index (χ4n) is 4.61. The monoisotopic (exact) mass is 541 g/mol. The van der Waals surface area contributed by atoms with Gasteiger partial charge in [-0.3, -0.25) is 14.4 Å². The molecule has 0 aliphatic rings. The number of aliphatic carboxylic acids is 1. The van der Waals surface area contributed by atoms with Crippen LogP contribution in [0.5, 0.6) is 0 Å². The molecule has 3 N–H and O–H groups in total. The first-order chi connectivity index (χ1) is 19.1. The number of carboxylic acid groups (broad SMARTS) is 1. The van der Waals surface area contributed by atoms with Crippen molar-refractivity contribution in [2.24, 2.45) is 12.2 Å². The van der Waals surface area contributed by atoms with Crippen LogP contribution in [0.3, 0.4) is 0 Å². The van der Waals surface area contributed by atoms with Crippen LogP contribution in [0.15, 0.2) is 95.0 Å². The van der Waals surface area contributed by atoms with Gasteiger partial charge >= 0.3 is 5.97 Å². The number of hydrogen-bond donors (Lipinski definition) is 3. The number of anilines is 1. The van der Waals surface area contributed by atoms with Crippen LogP contribution in [0.25, 0.3) is 11.1 Å². The molecule has 0 bridgehead atoms. The van der Waals surface area contributed by atoms with Crippen LogP contribution in [0.2, 0.25) is 0 Å². The van der Waals surface area contributed by atoms with Crippen molar-refractivity contribution in [3.8, 4) is 11.1 Å². The predicted octanol–water partition coefficient (Wildman–Crippen LogP) is 5.31. The second-order valence-corrected chi connectivity index (χ2v) is 9.49. The lowest BCUT2D eigenvalue weighted by Crippen LogP contribution is -2.18. The molecule has 8 nitrogen and oxygen atoms in total. The van der Waals surface area contributed by atoms with Gasteiger partial charge in [-0.25, -0.2) is 4.39 Å². The van der Waals surface area contributed by atoms with Crippen molar-refractivity contribution < 1.29 is 24.3 Å². The molecule has 204 valence electrons. The van der Waals surface area contributed by atoms with E-state index in [1.807, 2.05) is 43.3 Å². The third-order valence-corrected chi connectivity index (χ3v) is 6.67. The summed E-state index contributed by atoms with van der Waals surface area (Å²) < 4.78 is 15.4. The number of pyridine rings is 1. The first-order valence-electron chi connectivity index (χ1n) is 12.5. The minimum absolute atomic E-state index is 0.182. The van der Waals surface area contributed by atoms with E-state index in [9.17, 15) is 24.0 Å². The molecule has 0 aliphatic heterocycles. The summed E-state index contributed by atoms with van der Waals surface area (Å²) in [6.07, 6.45) is 1.30. The number of rotatable bonds is 9. The van der Waals surface area contributed by atoms with Crippen molar-refractivity contribution in [2.45, 2.75) is 25.7 Å². The maximum Gasteiger partial charge on any atom is 0.312 e. The van der Waals surface area contributed by atoms with Gasteiger partial charge in [-0.1, -0.05) is 47.6 Å². The summed E-state index contributed by atoms with van der Waals surface area (Å²) in [5.74, 6) is -2.41. The van der Waals surface area contributed by atoms with E-state index in [0.29, 0.717) is 23.4 Å². The second-order valence-electron chi connectivity index (χ2n) is 9.49. The topological polar surface area (TPSA) is 121 Å². The lowest BCUT2D eigenvalue weighted by Gasteiger charge is -2.21. The Morgan fingerprint density at radius 1 is 0.975 bits per heavy atom. The number of carbonyl (C=O) groups is 2. The highest BCUT2D eigenvalue weighted by atomic mass is 19.1. The highest BCUT2D eigenvalue weighted by Gasteiger charge is 2.21. The maximum absolute atomic E-state index is 13.9. The summed E-state index contributed by atoms with van der Waals surface area (Å²) in [4.78, 5) is 34.3. The van der Waals surface area contributed by atoms with Gasteiger partial charge in [0.15, 0.2) is 0 Å². The van der Waals surface area contributed by atoms with Gasteiger partial charge in [-0.15, -0.1) is 0 Å². The number of nitrogens with one attached hydrogen (secondary N) is 1. The minimum Gasteiger partial charge on any atom is -0.481 e. The number of amides is 1. The van der Waals surface area contributed by atoms with E-state index in [4.69, 9.17) is 5.11 Å². The zero-order chi connectivity index (χ0) is 28.8. The molecule has 0 radical (unpaired) electrons. The summed E-state index contributed by atoms with van der Waals surface area (Å²) >= 11 is 0. The normalized spacial score (nSPS) is 12.1. The molecule has 1 heterocycles. The summed E-state index contributed by atoms with van der Waals surface area (Å²) in [5.41, 5.74) is 5.65. The minimum atomic E-state index is -1.20. The average molecular weight is 542 g/mol. The molecule has 0 saturated heterocycles. The van der Waals surface area contributed by atoms with Crippen LogP contribution in [0.4, 0.5) is 10.1 Å². The third-order valence-electron chi connectivity index (χ3n) is 6.67. The van der Waals surface area contributed by atoms with E-state index in [1.165, 1.54) is 22.8 Å². The van der Waals surface area contributed by atoms with E-state index in [1.54, 1.807) is 37.5 Å². The fourth-order valence-corrected chi connectivity index (χ4v) is 4.61. The van der Waals surface area contributed by atoms with Gasteiger partial charge in [-0.05, 0) is 65.1 Å². The Labute approximate surface area is 230 Å². The Morgan fingerprint density at radius 2 is 1.62 bits per heavy atom. The van der Waals surface area contributed by atoms with E-state index >= 15 is 0 Å². The Morgan fingerprint density at radius 3 is 2.20 bits per heavy atom. The second kappa shape index (κ2) is 12.2. The van der Waals surface area contributed by atoms with Gasteiger partial charge in [-0.2, -0.15) is 0 Å². The van der Waals surface area contributed by atoms with Crippen LogP contribution in [0, 0.1) is 12.7 Å². The maximum atomic E-state index is 13.9. The molecule has 0 aliphatic carbocycles. The smallest absolute Gasteiger partial charge is 0.312 e. The highest BCUT2D eigenvalue weighted by molar-refractivity contribution is 6.01. The SMILES string of the molecule is Cc1cc(F)ccc1C(C/C(=N/O)c1ccc(=O)n(C)c1)c1ccc(-c2ccc(NC(=O)CC(=O)O)cc2)cc1. The molecular weight excluding hydrogens is 513 g/mol. The van der Waals surface area contributed by atoms with Crippen molar-refractivity contribution in [1.82, 2.24) is 4.57 Å². The fraction of sp³-hybridized carbons (Fsp3) is 0.161. The number of hydrogen-bond acceptors (Lipinski definition) is 5. The molecule has 9 heteroatoms. The average Bonchev–Trinajstić information content (AvgIpc) is 2.92. The Balaban J connectivity index is 1.63. The summed E-state index contributed by atoms with van der Waals surface area (Å²) in [7, 11) is 1.62. The lowest BCUT2D eigenvalue weighted by atomic mass is 9.83. The Hall–Kier alpha value is -5.05. The number of benzene rings is 3. The third kappa shape index (κ3) is 6.68. The largest absolute Gasteiger partial charge is 0.481 e. The van der Waals surface area contributed by atoms with E-state index in [2.05, 4.69) is 10.5 Å². The summed E-state index contributed by atoms with van der Waals surface area (Å²) in [6.45, 7) is 1.83. The molecule has 0 saturated carbocycles. The molecule has 0 fully saturated rings. The molecule has 0 spiro atoms. The number of oxime groups is 1. The van der Waals surface area contributed by atoms with E-state index < -0.39 is 18.3 Å². The van der Waals surface area contributed by atoms with Crippen LogP contribution in [0.1, 0.15) is 41.0 Å². The number of aryl methyl sites for hydroxylation is 2. The van der Waals surface area contributed by atoms with Crippen LogP contribution in [-0.2, 0) is 16.6 Å². The Kier molecular flexibility index (Phi) is 8.54. The summed E-state index contributed by atoms with van der Waals surface area (Å²) in [6, 6.07) is 22.5. The number of aromatic nitrogens is 1. The molecule has 3 aromatic carbocycles. The molecule has 40 heavy (non-hydrogen) atoms. The molecule has 1 unspecified atom stereocenters. The number of carboxylic acids is 1. The molecule has 4 rings (SSSR count). The molecule has 4 aromatic rings. The van der Waals surface area contributed by atoms with Gasteiger partial charge in [0.2, 0.25) is 11.5 Å². The summed E-state index contributed by atoms with van der Waals surface area (Å²) in [5, 5.41) is 24.7. The van der Waals surface area contributed by atoms with E-state index in [0.717, 1.165) is 27.8 Å². The zero-order valence-electron chi connectivity index (χ0n) is 22.0. The van der Waals surface area contributed by atoms with Gasteiger partial charge < -0.3 is 20.2 Å². The number of halogens is 1. The van der Waals surface area contributed by atoms with Gasteiger partial charge in [0.1, 0.15) is 12.2 Å². The van der Waals surface area contributed by atoms with Gasteiger partial charge in [0.25, 0.3) is 0 Å². The Bertz CT molecular complexity index is 1630. The van der Waals surface area contributed by atoms with Crippen molar-refractivity contribution in [1.29, 1.82) is 0 Å². The predicted molar refractivity (Wildman–Crippen MR) is 150 cm³/mol. The van der Waals surface area contributed by atoms with Crippen LogP contribution >= 0.6 is 0 Å². The first kappa shape index (κ1) is 28.0. The van der Waals surface area contributed by atoms with Crippen LogP contribution in [-0.4, -0.2) is 32.5 Å². The molecular formula is C31H28FN3O5. The van der Waals surface area contributed by atoms with Crippen molar-refractivity contribution in [3.05, 3.63) is 123 Å².